The van der Waals surface area contributed by atoms with Gasteiger partial charge in [0, 0.05) is 11.6 Å². The molecule has 0 aliphatic carbocycles. The van der Waals surface area contributed by atoms with Crippen LogP contribution >= 0.6 is 11.6 Å². The third-order valence-corrected chi connectivity index (χ3v) is 4.06. The van der Waals surface area contributed by atoms with Crippen LogP contribution in [0, 0.1) is 0 Å². The van der Waals surface area contributed by atoms with Gasteiger partial charge in [0.05, 0.1) is 19.2 Å². The van der Waals surface area contributed by atoms with Crippen LogP contribution in [0.4, 0.5) is 0 Å². The molecule has 1 atom stereocenters. The van der Waals surface area contributed by atoms with Gasteiger partial charge in [0.2, 0.25) is 0 Å². The van der Waals surface area contributed by atoms with Gasteiger partial charge in [0.15, 0.2) is 11.5 Å². The maximum Gasteiger partial charge on any atom is 0.251 e. The summed E-state index contributed by atoms with van der Waals surface area (Å²) in [5, 5.41) is 3.33. The third kappa shape index (κ3) is 4.65. The zero-order valence-corrected chi connectivity index (χ0v) is 14.9. The minimum absolute atomic E-state index is 0.0459. The quantitative estimate of drug-likeness (QED) is 0.820. The van der Waals surface area contributed by atoms with Crippen LogP contribution in [0.1, 0.15) is 29.3 Å². The maximum absolute atomic E-state index is 12.4. The van der Waals surface area contributed by atoms with Crippen molar-refractivity contribution in [3.8, 4) is 11.5 Å². The Morgan fingerprint density at radius 1 is 1.17 bits per heavy atom. The normalized spacial score (nSPS) is 11.7. The molecule has 128 valence electrons. The number of benzene rings is 2. The van der Waals surface area contributed by atoms with Crippen molar-refractivity contribution in [1.29, 1.82) is 0 Å². The molecule has 0 saturated carbocycles. The largest absolute Gasteiger partial charge is 0.493 e. The van der Waals surface area contributed by atoms with Gasteiger partial charge in [-0.25, -0.2) is 0 Å². The fourth-order valence-corrected chi connectivity index (χ4v) is 2.74. The number of carbonyl (C=O) groups is 1. The fourth-order valence-electron chi connectivity index (χ4n) is 2.46. The lowest BCUT2D eigenvalue weighted by atomic mass is 10.1. The highest BCUT2D eigenvalue weighted by Gasteiger charge is 2.16. The van der Waals surface area contributed by atoms with Crippen molar-refractivity contribution in [2.24, 2.45) is 0 Å². The number of halogens is 1. The Morgan fingerprint density at radius 2 is 1.88 bits per heavy atom. The molecule has 0 radical (unpaired) electrons. The molecule has 1 N–H and O–H groups in total. The Labute approximate surface area is 147 Å². The number of ether oxygens (including phenoxy) is 2. The highest BCUT2D eigenvalue weighted by atomic mass is 35.5. The van der Waals surface area contributed by atoms with Crippen LogP contribution in [-0.4, -0.2) is 26.2 Å². The molecular formula is C19H22ClNO3. The molecule has 24 heavy (non-hydrogen) atoms. The number of rotatable bonds is 7. The van der Waals surface area contributed by atoms with E-state index in [9.17, 15) is 4.79 Å². The van der Waals surface area contributed by atoms with Gasteiger partial charge < -0.3 is 14.8 Å². The summed E-state index contributed by atoms with van der Waals surface area (Å²) >= 11 is 6.15. The molecule has 0 aliphatic rings. The van der Waals surface area contributed by atoms with E-state index in [4.69, 9.17) is 21.1 Å². The zero-order valence-electron chi connectivity index (χ0n) is 14.1. The van der Waals surface area contributed by atoms with E-state index in [-0.39, 0.29) is 11.9 Å². The molecule has 4 nitrogen and oxygen atoms in total. The first-order valence-corrected chi connectivity index (χ1v) is 8.19. The van der Waals surface area contributed by atoms with E-state index in [0.717, 1.165) is 12.8 Å². The molecule has 0 aromatic heterocycles. The molecule has 0 saturated heterocycles. The highest BCUT2D eigenvalue weighted by molar-refractivity contribution is 6.32. The minimum Gasteiger partial charge on any atom is -0.493 e. The number of nitrogens with one attached hydrogen (secondary N) is 1. The van der Waals surface area contributed by atoms with Gasteiger partial charge in [-0.15, -0.1) is 0 Å². The molecule has 0 spiro atoms. The highest BCUT2D eigenvalue weighted by Crippen LogP contribution is 2.35. The molecule has 5 heteroatoms. The first-order valence-electron chi connectivity index (χ1n) is 7.81. The van der Waals surface area contributed by atoms with E-state index < -0.39 is 0 Å². The van der Waals surface area contributed by atoms with E-state index >= 15 is 0 Å². The van der Waals surface area contributed by atoms with E-state index in [0.29, 0.717) is 22.1 Å². The van der Waals surface area contributed by atoms with Gasteiger partial charge in [-0.3, -0.25) is 4.79 Å². The van der Waals surface area contributed by atoms with Gasteiger partial charge in [-0.2, -0.15) is 0 Å². The Hall–Kier alpha value is -2.20. The number of hydrogen-bond acceptors (Lipinski definition) is 3. The summed E-state index contributed by atoms with van der Waals surface area (Å²) in [5.74, 6) is 0.679. The number of amides is 1. The second-order valence-electron chi connectivity index (χ2n) is 5.59. The van der Waals surface area contributed by atoms with Gasteiger partial charge in [0.25, 0.3) is 5.91 Å². The van der Waals surface area contributed by atoms with E-state index in [1.54, 1.807) is 12.1 Å². The SMILES string of the molecule is COc1cc(C(=O)NC(C)CCc2ccccc2)cc(Cl)c1OC. The maximum atomic E-state index is 12.4. The van der Waals surface area contributed by atoms with E-state index in [1.165, 1.54) is 19.8 Å². The smallest absolute Gasteiger partial charge is 0.251 e. The summed E-state index contributed by atoms with van der Waals surface area (Å²) in [6.07, 6.45) is 1.77. The van der Waals surface area contributed by atoms with Crippen molar-refractivity contribution in [2.75, 3.05) is 14.2 Å². The summed E-state index contributed by atoms with van der Waals surface area (Å²) in [4.78, 5) is 12.4. The molecule has 2 aromatic rings. The second-order valence-corrected chi connectivity index (χ2v) is 6.00. The van der Waals surface area contributed by atoms with E-state index in [2.05, 4.69) is 17.4 Å². The molecule has 1 amide bonds. The molecule has 2 rings (SSSR count). The average molecular weight is 348 g/mol. The van der Waals surface area contributed by atoms with Crippen LogP contribution in [0.5, 0.6) is 11.5 Å². The molecular weight excluding hydrogens is 326 g/mol. The summed E-state index contributed by atoms with van der Waals surface area (Å²) in [6, 6.07) is 13.5. The van der Waals surface area contributed by atoms with Crippen molar-refractivity contribution in [3.63, 3.8) is 0 Å². The van der Waals surface area contributed by atoms with Crippen LogP contribution in [0.2, 0.25) is 5.02 Å². The minimum atomic E-state index is -0.182. The summed E-state index contributed by atoms with van der Waals surface area (Å²) in [5.41, 5.74) is 1.71. The van der Waals surface area contributed by atoms with Crippen molar-refractivity contribution in [3.05, 3.63) is 58.6 Å². The lowest BCUT2D eigenvalue weighted by molar-refractivity contribution is 0.0938. The Balaban J connectivity index is 2.00. The summed E-state index contributed by atoms with van der Waals surface area (Å²) in [6.45, 7) is 1.99. The number of aryl methyl sites for hydroxylation is 1. The van der Waals surface area contributed by atoms with Gasteiger partial charge in [-0.1, -0.05) is 41.9 Å². The van der Waals surface area contributed by atoms with E-state index in [1.807, 2.05) is 25.1 Å². The second kappa shape index (κ2) is 8.60. The number of hydrogen-bond donors (Lipinski definition) is 1. The first-order chi connectivity index (χ1) is 11.5. The summed E-state index contributed by atoms with van der Waals surface area (Å²) < 4.78 is 10.4. The standard InChI is InChI=1S/C19H22ClNO3/c1-13(9-10-14-7-5-4-6-8-14)21-19(22)15-11-16(20)18(24-3)17(12-15)23-2/h4-8,11-13H,9-10H2,1-3H3,(H,21,22). The van der Waals surface area contributed by atoms with Crippen molar-refractivity contribution < 1.29 is 14.3 Å². The Bertz CT molecular complexity index is 689. The van der Waals surface area contributed by atoms with Crippen LogP contribution in [-0.2, 0) is 6.42 Å². The zero-order chi connectivity index (χ0) is 17.5. The molecule has 1 unspecified atom stereocenters. The fraction of sp³-hybridized carbons (Fsp3) is 0.316. The van der Waals surface area contributed by atoms with Gasteiger partial charge in [-0.05, 0) is 37.5 Å². The van der Waals surface area contributed by atoms with Gasteiger partial charge >= 0.3 is 0 Å². The summed E-state index contributed by atoms with van der Waals surface area (Å²) in [7, 11) is 3.02. The predicted octanol–water partition coefficient (Wildman–Crippen LogP) is 4.11. The van der Waals surface area contributed by atoms with Crippen molar-refractivity contribution in [2.45, 2.75) is 25.8 Å². The lowest BCUT2D eigenvalue weighted by Crippen LogP contribution is -2.32. The predicted molar refractivity (Wildman–Crippen MR) is 96.2 cm³/mol. The molecule has 0 bridgehead atoms. The van der Waals surface area contributed by atoms with Crippen LogP contribution in [0.3, 0.4) is 0 Å². The van der Waals surface area contributed by atoms with Crippen LogP contribution in [0.15, 0.2) is 42.5 Å². The van der Waals surface area contributed by atoms with Crippen molar-refractivity contribution in [1.82, 2.24) is 5.32 Å². The molecule has 0 fully saturated rings. The molecule has 0 heterocycles. The van der Waals surface area contributed by atoms with Gasteiger partial charge in [0.1, 0.15) is 0 Å². The molecule has 2 aromatic carbocycles. The Morgan fingerprint density at radius 3 is 2.50 bits per heavy atom. The lowest BCUT2D eigenvalue weighted by Gasteiger charge is -2.16. The number of carbonyl (C=O) groups excluding carboxylic acids is 1. The van der Waals surface area contributed by atoms with Crippen LogP contribution in [0.25, 0.3) is 0 Å². The molecule has 0 aliphatic heterocycles. The Kier molecular flexibility index (Phi) is 6.50. The first kappa shape index (κ1) is 18.1. The number of methoxy groups -OCH3 is 2. The van der Waals surface area contributed by atoms with Crippen molar-refractivity contribution >= 4 is 17.5 Å². The topological polar surface area (TPSA) is 47.6 Å². The monoisotopic (exact) mass is 347 g/mol. The average Bonchev–Trinajstić information content (AvgIpc) is 2.60. The van der Waals surface area contributed by atoms with Crippen LogP contribution < -0.4 is 14.8 Å². The third-order valence-electron chi connectivity index (χ3n) is 3.78.